The summed E-state index contributed by atoms with van der Waals surface area (Å²) in [6.07, 6.45) is 10.4. The molecule has 3 aliphatic carbocycles. The summed E-state index contributed by atoms with van der Waals surface area (Å²) in [5, 5.41) is 6.00. The van der Waals surface area contributed by atoms with Crippen LogP contribution < -0.4 is 10.6 Å². The summed E-state index contributed by atoms with van der Waals surface area (Å²) in [6, 6.07) is 1.27. The number of unbranched alkanes of at least 4 members (excludes halogenated alkanes) is 1. The highest BCUT2D eigenvalue weighted by Crippen LogP contribution is 2.74. The van der Waals surface area contributed by atoms with Crippen molar-refractivity contribution in [3.63, 3.8) is 0 Å². The van der Waals surface area contributed by atoms with Crippen LogP contribution in [0, 0.1) is 34.9 Å². The third-order valence-electron chi connectivity index (χ3n) is 8.42. The van der Waals surface area contributed by atoms with Gasteiger partial charge < -0.3 is 15.5 Å². The zero-order valence-corrected chi connectivity index (χ0v) is 20.0. The number of likely N-dealkylation sites (tertiary alicyclic amines) is 1. The standard InChI is InChI=1S/C24H32BrFN4O2/c25-21-18(26)13-15(14-28-21)29-23(32)20-17-6-5-16(24(17)7-8-24)19(20)22(31)27-9-1-2-10-30-11-3-4-12-30/h13-14,16-17,19-20H,1-12H2,(H,27,31)(H,29,32)/t16-,17+,19-,20-/m1/s1. The highest BCUT2D eigenvalue weighted by atomic mass is 79.9. The van der Waals surface area contributed by atoms with Crippen LogP contribution in [0.1, 0.15) is 51.4 Å². The second kappa shape index (κ2) is 9.01. The minimum absolute atomic E-state index is 0.0323. The lowest BCUT2D eigenvalue weighted by Gasteiger charge is -2.29. The monoisotopic (exact) mass is 506 g/mol. The highest BCUT2D eigenvalue weighted by Gasteiger charge is 2.71. The molecular formula is C24H32BrFN4O2. The first kappa shape index (κ1) is 22.3. The van der Waals surface area contributed by atoms with Crippen LogP contribution in [0.15, 0.2) is 16.9 Å². The summed E-state index contributed by atoms with van der Waals surface area (Å²) in [6.45, 7) is 4.18. The molecule has 4 aliphatic rings. The van der Waals surface area contributed by atoms with Crippen LogP contribution in [0.2, 0.25) is 0 Å². The molecule has 6 nitrogen and oxygen atoms in total. The normalized spacial score (nSPS) is 30.1. The lowest BCUT2D eigenvalue weighted by atomic mass is 9.78. The summed E-state index contributed by atoms with van der Waals surface area (Å²) in [4.78, 5) is 33.0. The van der Waals surface area contributed by atoms with Gasteiger partial charge in [0.15, 0.2) is 5.82 Å². The second-order valence-electron chi connectivity index (χ2n) is 10.1. The maximum absolute atomic E-state index is 13.9. The van der Waals surface area contributed by atoms with Crippen LogP contribution in [-0.2, 0) is 9.59 Å². The summed E-state index contributed by atoms with van der Waals surface area (Å²) in [5.74, 6) is -0.710. The quantitative estimate of drug-likeness (QED) is 0.413. The molecule has 1 aliphatic heterocycles. The van der Waals surface area contributed by atoms with Crippen molar-refractivity contribution in [3.05, 3.63) is 22.7 Å². The molecule has 174 valence electrons. The van der Waals surface area contributed by atoms with E-state index in [9.17, 15) is 14.0 Å². The molecule has 32 heavy (non-hydrogen) atoms. The smallest absolute Gasteiger partial charge is 0.228 e. The first-order valence-corrected chi connectivity index (χ1v) is 12.9. The molecule has 2 amide bonds. The Labute approximate surface area is 197 Å². The summed E-state index contributed by atoms with van der Waals surface area (Å²) < 4.78 is 14.0. The molecule has 1 spiro atoms. The zero-order valence-electron chi connectivity index (χ0n) is 18.4. The van der Waals surface area contributed by atoms with Gasteiger partial charge >= 0.3 is 0 Å². The Morgan fingerprint density at radius 1 is 1.12 bits per heavy atom. The molecule has 0 radical (unpaired) electrons. The van der Waals surface area contributed by atoms with Crippen LogP contribution >= 0.6 is 15.9 Å². The molecule has 0 aromatic carbocycles. The van der Waals surface area contributed by atoms with Gasteiger partial charge in [0.05, 0.1) is 23.7 Å². The molecule has 1 saturated heterocycles. The Balaban J connectivity index is 1.21. The van der Waals surface area contributed by atoms with E-state index in [0.717, 1.165) is 45.1 Å². The number of halogens is 2. The van der Waals surface area contributed by atoms with E-state index in [1.165, 1.54) is 38.2 Å². The number of nitrogens with one attached hydrogen (secondary N) is 2. The number of rotatable bonds is 8. The van der Waals surface area contributed by atoms with Crippen LogP contribution in [0.5, 0.6) is 0 Å². The Kier molecular flexibility index (Phi) is 6.27. The number of hydrogen-bond donors (Lipinski definition) is 2. The van der Waals surface area contributed by atoms with Gasteiger partial charge in [-0.15, -0.1) is 0 Å². The molecular weight excluding hydrogens is 475 g/mol. The second-order valence-corrected chi connectivity index (χ2v) is 10.9. The van der Waals surface area contributed by atoms with Gasteiger partial charge in [-0.2, -0.15) is 0 Å². The van der Waals surface area contributed by atoms with Crippen molar-refractivity contribution in [2.75, 3.05) is 31.5 Å². The fraction of sp³-hybridized carbons (Fsp3) is 0.708. The maximum atomic E-state index is 13.9. The van der Waals surface area contributed by atoms with Crippen molar-refractivity contribution in [3.8, 4) is 0 Å². The van der Waals surface area contributed by atoms with E-state index in [2.05, 4.69) is 36.4 Å². The van der Waals surface area contributed by atoms with E-state index in [1.54, 1.807) is 0 Å². The van der Waals surface area contributed by atoms with E-state index >= 15 is 0 Å². The number of nitrogens with zero attached hydrogens (tertiary/aromatic N) is 2. The van der Waals surface area contributed by atoms with Crippen molar-refractivity contribution in [1.29, 1.82) is 0 Å². The number of amides is 2. The Bertz CT molecular complexity index is 887. The lowest BCUT2D eigenvalue weighted by Crippen LogP contribution is -2.43. The van der Waals surface area contributed by atoms with Gasteiger partial charge in [0.25, 0.3) is 0 Å². The van der Waals surface area contributed by atoms with Gasteiger partial charge in [0.1, 0.15) is 4.60 Å². The van der Waals surface area contributed by atoms with E-state index in [0.29, 0.717) is 18.2 Å². The largest absolute Gasteiger partial charge is 0.356 e. The number of carbonyl (C=O) groups is 2. The topological polar surface area (TPSA) is 74.3 Å². The number of hydrogen-bond acceptors (Lipinski definition) is 4. The van der Waals surface area contributed by atoms with Crippen LogP contribution in [0.3, 0.4) is 0 Å². The van der Waals surface area contributed by atoms with Crippen molar-refractivity contribution in [2.45, 2.75) is 51.4 Å². The van der Waals surface area contributed by atoms with Gasteiger partial charge in [-0.25, -0.2) is 9.37 Å². The molecule has 0 unspecified atom stereocenters. The first-order chi connectivity index (χ1) is 15.5. The Morgan fingerprint density at radius 3 is 2.47 bits per heavy atom. The molecule has 2 N–H and O–H groups in total. The molecule has 5 rings (SSSR count). The van der Waals surface area contributed by atoms with Crippen molar-refractivity contribution in [1.82, 2.24) is 15.2 Å². The van der Waals surface area contributed by atoms with Crippen LogP contribution in [-0.4, -0.2) is 47.9 Å². The fourth-order valence-electron chi connectivity index (χ4n) is 6.87. The molecule has 4 fully saturated rings. The SMILES string of the molecule is O=C(NCCCCN1CCCC1)[C@H]1[C@H](C(=O)Nc2cnc(Br)c(F)c2)[C@@H]2CC[C@H]1C21CC1. The number of aromatic nitrogens is 1. The minimum atomic E-state index is -0.516. The van der Waals surface area contributed by atoms with Crippen molar-refractivity contribution >= 4 is 33.4 Å². The van der Waals surface area contributed by atoms with Crippen molar-refractivity contribution < 1.29 is 14.0 Å². The molecule has 1 aromatic heterocycles. The van der Waals surface area contributed by atoms with Gasteiger partial charge in [-0.3, -0.25) is 9.59 Å². The summed E-state index contributed by atoms with van der Waals surface area (Å²) in [5.41, 5.74) is 0.521. The van der Waals surface area contributed by atoms with Gasteiger partial charge in [0, 0.05) is 12.6 Å². The molecule has 2 heterocycles. The summed E-state index contributed by atoms with van der Waals surface area (Å²) >= 11 is 3.04. The lowest BCUT2D eigenvalue weighted by molar-refractivity contribution is -0.134. The molecule has 8 heteroatoms. The van der Waals surface area contributed by atoms with Crippen LogP contribution in [0.4, 0.5) is 10.1 Å². The van der Waals surface area contributed by atoms with Gasteiger partial charge in [-0.1, -0.05) is 0 Å². The number of carbonyl (C=O) groups excluding carboxylic acids is 2. The third kappa shape index (κ3) is 4.09. The molecule has 2 bridgehead atoms. The summed E-state index contributed by atoms with van der Waals surface area (Å²) in [7, 11) is 0. The predicted molar refractivity (Wildman–Crippen MR) is 123 cm³/mol. The fourth-order valence-corrected chi connectivity index (χ4v) is 7.09. The van der Waals surface area contributed by atoms with Crippen molar-refractivity contribution in [2.24, 2.45) is 29.1 Å². The zero-order chi connectivity index (χ0) is 22.3. The third-order valence-corrected chi connectivity index (χ3v) is 9.00. The predicted octanol–water partition coefficient (Wildman–Crippen LogP) is 3.97. The molecule has 4 atom stereocenters. The molecule has 1 aromatic rings. The van der Waals surface area contributed by atoms with E-state index in [1.807, 2.05) is 0 Å². The Morgan fingerprint density at radius 2 is 1.81 bits per heavy atom. The highest BCUT2D eigenvalue weighted by molar-refractivity contribution is 9.10. The van der Waals surface area contributed by atoms with E-state index in [4.69, 9.17) is 0 Å². The Hall–Kier alpha value is -1.54. The number of pyridine rings is 1. The average Bonchev–Trinajstić information content (AvgIpc) is 3.13. The average molecular weight is 507 g/mol. The van der Waals surface area contributed by atoms with E-state index < -0.39 is 5.82 Å². The molecule has 3 saturated carbocycles. The minimum Gasteiger partial charge on any atom is -0.356 e. The first-order valence-electron chi connectivity index (χ1n) is 12.1. The number of anilines is 1. The van der Waals surface area contributed by atoms with Crippen LogP contribution in [0.25, 0.3) is 0 Å². The van der Waals surface area contributed by atoms with Gasteiger partial charge in [0.2, 0.25) is 11.8 Å². The van der Waals surface area contributed by atoms with E-state index in [-0.39, 0.29) is 39.6 Å². The maximum Gasteiger partial charge on any atom is 0.228 e. The van der Waals surface area contributed by atoms with Gasteiger partial charge in [-0.05, 0) is 104 Å².